The molecule has 1 aromatic heterocycles. The maximum absolute atomic E-state index is 13.6. The molecule has 2 atom stereocenters. The normalized spacial score (nSPS) is 14.2. The number of hydrogen-bond acceptors (Lipinski definition) is 3. The van der Waals surface area contributed by atoms with E-state index in [2.05, 4.69) is 0 Å². The number of nitrogens with two attached hydrogens (primary N) is 1. The fraction of sp³-hybridized carbons (Fsp3) is 0.286. The molecule has 0 amide bonds. The van der Waals surface area contributed by atoms with Gasteiger partial charge in [0.2, 0.25) is 5.82 Å². The van der Waals surface area contributed by atoms with Crippen LogP contribution in [-0.2, 0) is 0 Å². The predicted molar refractivity (Wildman–Crippen MR) is 72.4 cm³/mol. The van der Waals surface area contributed by atoms with E-state index < -0.39 is 17.7 Å². The van der Waals surface area contributed by atoms with Gasteiger partial charge in [-0.25, -0.2) is 4.39 Å². The maximum atomic E-state index is 13.6. The molecule has 19 heavy (non-hydrogen) atoms. The predicted octanol–water partition coefficient (Wildman–Crippen LogP) is 3.80. The van der Waals surface area contributed by atoms with Gasteiger partial charge in [-0.05, 0) is 38.1 Å². The Morgan fingerprint density at radius 2 is 1.95 bits per heavy atom. The molecule has 1 aromatic carbocycles. The molecular formula is C14H15F2NOS. The molecular weight excluding hydrogens is 268 g/mol. The van der Waals surface area contributed by atoms with Crippen LogP contribution in [0.25, 0.3) is 0 Å². The molecule has 0 bridgehead atoms. The van der Waals surface area contributed by atoms with Crippen molar-refractivity contribution < 1.29 is 13.5 Å². The first-order valence-corrected chi connectivity index (χ1v) is 6.73. The first kappa shape index (κ1) is 14.0. The lowest BCUT2D eigenvalue weighted by Gasteiger charge is -2.21. The fourth-order valence-corrected chi connectivity index (χ4v) is 2.77. The van der Waals surface area contributed by atoms with Crippen LogP contribution in [0.1, 0.15) is 22.8 Å². The van der Waals surface area contributed by atoms with Gasteiger partial charge in [0.15, 0.2) is 11.6 Å². The molecule has 0 saturated carbocycles. The van der Waals surface area contributed by atoms with E-state index in [9.17, 15) is 8.78 Å². The van der Waals surface area contributed by atoms with Crippen molar-refractivity contribution in [2.45, 2.75) is 26.0 Å². The Bertz CT molecular complexity index is 568. The first-order chi connectivity index (χ1) is 8.99. The first-order valence-electron chi connectivity index (χ1n) is 5.91. The van der Waals surface area contributed by atoms with E-state index in [-0.39, 0.29) is 11.8 Å². The summed E-state index contributed by atoms with van der Waals surface area (Å²) in [7, 11) is 0. The Balaban J connectivity index is 2.29. The molecule has 0 spiro atoms. The zero-order chi connectivity index (χ0) is 14.0. The van der Waals surface area contributed by atoms with Gasteiger partial charge in [0, 0.05) is 15.8 Å². The van der Waals surface area contributed by atoms with Gasteiger partial charge in [-0.3, -0.25) is 0 Å². The van der Waals surface area contributed by atoms with Crippen LogP contribution < -0.4 is 10.5 Å². The van der Waals surface area contributed by atoms with E-state index in [0.29, 0.717) is 0 Å². The smallest absolute Gasteiger partial charge is 0.200 e. The quantitative estimate of drug-likeness (QED) is 0.926. The van der Waals surface area contributed by atoms with Gasteiger partial charge in [0.05, 0.1) is 0 Å². The number of hydrogen-bond donors (Lipinski definition) is 1. The minimum atomic E-state index is -0.985. The van der Waals surface area contributed by atoms with E-state index >= 15 is 0 Å². The summed E-state index contributed by atoms with van der Waals surface area (Å²) < 4.78 is 32.3. The zero-order valence-corrected chi connectivity index (χ0v) is 11.5. The van der Waals surface area contributed by atoms with E-state index in [0.717, 1.165) is 15.8 Å². The van der Waals surface area contributed by atoms with E-state index in [1.165, 1.54) is 23.5 Å². The van der Waals surface area contributed by atoms with Gasteiger partial charge in [-0.1, -0.05) is 6.07 Å². The molecule has 102 valence electrons. The van der Waals surface area contributed by atoms with Crippen molar-refractivity contribution >= 4 is 11.3 Å². The van der Waals surface area contributed by atoms with Gasteiger partial charge in [0.25, 0.3) is 0 Å². The van der Waals surface area contributed by atoms with Crippen LogP contribution in [0.4, 0.5) is 8.78 Å². The summed E-state index contributed by atoms with van der Waals surface area (Å²) in [6.45, 7) is 3.74. The standard InChI is InChI=1S/C14H15F2NOS/c1-8-6-7-12(19-8)14(9(2)17)18-11-5-3-4-10(15)13(11)16/h3-7,9,14H,17H2,1-2H3. The molecule has 0 aliphatic carbocycles. The summed E-state index contributed by atoms with van der Waals surface area (Å²) in [5, 5.41) is 0. The molecule has 1 heterocycles. The molecule has 0 fully saturated rings. The molecule has 0 aliphatic heterocycles. The van der Waals surface area contributed by atoms with Crippen LogP contribution >= 0.6 is 11.3 Å². The second-order valence-corrected chi connectivity index (χ2v) is 5.72. The highest BCUT2D eigenvalue weighted by Crippen LogP contribution is 2.31. The summed E-state index contributed by atoms with van der Waals surface area (Å²) in [5.74, 6) is -2.03. The van der Waals surface area contributed by atoms with Crippen molar-refractivity contribution in [2.75, 3.05) is 0 Å². The summed E-state index contributed by atoms with van der Waals surface area (Å²) in [4.78, 5) is 2.01. The Labute approximate surface area is 114 Å². The second-order valence-electron chi connectivity index (χ2n) is 4.40. The number of halogens is 2. The molecule has 2 aromatic rings. The van der Waals surface area contributed by atoms with E-state index in [1.54, 1.807) is 6.92 Å². The van der Waals surface area contributed by atoms with Crippen molar-refractivity contribution in [1.29, 1.82) is 0 Å². The Kier molecular flexibility index (Phi) is 4.17. The molecule has 2 rings (SSSR count). The maximum Gasteiger partial charge on any atom is 0.200 e. The van der Waals surface area contributed by atoms with Crippen LogP contribution in [0, 0.1) is 18.6 Å². The third kappa shape index (κ3) is 3.11. The van der Waals surface area contributed by atoms with E-state index in [1.807, 2.05) is 19.1 Å². The van der Waals surface area contributed by atoms with Gasteiger partial charge in [-0.15, -0.1) is 11.3 Å². The average molecular weight is 283 g/mol. The van der Waals surface area contributed by atoms with E-state index in [4.69, 9.17) is 10.5 Å². The second kappa shape index (κ2) is 5.67. The lowest BCUT2D eigenvalue weighted by Crippen LogP contribution is -2.28. The molecule has 0 aliphatic rings. The lowest BCUT2D eigenvalue weighted by molar-refractivity contribution is 0.174. The molecule has 2 nitrogen and oxygen atoms in total. The van der Waals surface area contributed by atoms with Crippen molar-refractivity contribution in [1.82, 2.24) is 0 Å². The average Bonchev–Trinajstić information content (AvgIpc) is 2.77. The number of benzene rings is 1. The lowest BCUT2D eigenvalue weighted by atomic mass is 10.1. The fourth-order valence-electron chi connectivity index (χ4n) is 1.74. The topological polar surface area (TPSA) is 35.2 Å². The third-order valence-electron chi connectivity index (χ3n) is 2.69. The van der Waals surface area contributed by atoms with Crippen molar-refractivity contribution in [3.05, 3.63) is 51.7 Å². The van der Waals surface area contributed by atoms with Crippen LogP contribution in [-0.4, -0.2) is 6.04 Å². The van der Waals surface area contributed by atoms with Crippen molar-refractivity contribution in [3.8, 4) is 5.75 Å². The summed E-state index contributed by atoms with van der Waals surface area (Å²) in [5.41, 5.74) is 5.88. The molecule has 5 heteroatoms. The summed E-state index contributed by atoms with van der Waals surface area (Å²) >= 11 is 1.53. The minimum Gasteiger partial charge on any atom is -0.480 e. The SMILES string of the molecule is Cc1ccc(C(Oc2cccc(F)c2F)C(C)N)s1. The number of rotatable bonds is 4. The molecule has 0 saturated heterocycles. The van der Waals surface area contributed by atoms with Crippen LogP contribution in [0.3, 0.4) is 0 Å². The number of ether oxygens (including phenoxy) is 1. The highest BCUT2D eigenvalue weighted by atomic mass is 32.1. The van der Waals surface area contributed by atoms with Gasteiger partial charge in [0.1, 0.15) is 6.10 Å². The van der Waals surface area contributed by atoms with Crippen LogP contribution in [0.15, 0.2) is 30.3 Å². The van der Waals surface area contributed by atoms with Gasteiger partial charge in [-0.2, -0.15) is 4.39 Å². The highest BCUT2D eigenvalue weighted by Gasteiger charge is 2.22. The van der Waals surface area contributed by atoms with Gasteiger partial charge >= 0.3 is 0 Å². The van der Waals surface area contributed by atoms with Crippen molar-refractivity contribution in [2.24, 2.45) is 5.73 Å². The zero-order valence-electron chi connectivity index (χ0n) is 10.7. The molecule has 2 N–H and O–H groups in total. The Morgan fingerprint density at radius 3 is 2.53 bits per heavy atom. The van der Waals surface area contributed by atoms with Gasteiger partial charge < -0.3 is 10.5 Å². The third-order valence-corrected chi connectivity index (χ3v) is 3.75. The van der Waals surface area contributed by atoms with Crippen LogP contribution in [0.5, 0.6) is 5.75 Å². The number of aryl methyl sites for hydroxylation is 1. The Hall–Kier alpha value is -1.46. The highest BCUT2D eigenvalue weighted by molar-refractivity contribution is 7.12. The minimum absolute atomic E-state index is 0.117. The monoisotopic (exact) mass is 283 g/mol. The number of thiophene rings is 1. The summed E-state index contributed by atoms with van der Waals surface area (Å²) in [6, 6.07) is 7.37. The van der Waals surface area contributed by atoms with Crippen LogP contribution in [0.2, 0.25) is 0 Å². The molecule has 0 radical (unpaired) electrons. The Morgan fingerprint density at radius 1 is 1.21 bits per heavy atom. The van der Waals surface area contributed by atoms with Crippen molar-refractivity contribution in [3.63, 3.8) is 0 Å². The largest absolute Gasteiger partial charge is 0.480 e. The molecule has 2 unspecified atom stereocenters. The summed E-state index contributed by atoms with van der Waals surface area (Å²) in [6.07, 6.45) is -0.491.